The zero-order chi connectivity index (χ0) is 24.5. The van der Waals surface area contributed by atoms with Gasteiger partial charge in [-0.05, 0) is 37.0 Å². The van der Waals surface area contributed by atoms with E-state index >= 15 is 0 Å². The second-order valence-electron chi connectivity index (χ2n) is 9.79. The summed E-state index contributed by atoms with van der Waals surface area (Å²) in [6.07, 6.45) is 0.829. The summed E-state index contributed by atoms with van der Waals surface area (Å²) < 4.78 is 1.66. The average molecular weight is 479 g/mol. The smallest absolute Gasteiger partial charge is 0.245 e. The molecule has 4 rings (SSSR count). The molecule has 178 valence electrons. The molecule has 7 heteroatoms. The van der Waals surface area contributed by atoms with Crippen LogP contribution in [0.3, 0.4) is 0 Å². The number of likely N-dealkylation sites (N-methyl/N-ethyl adjacent to an activating group) is 1. The molecule has 1 N–H and O–H groups in total. The van der Waals surface area contributed by atoms with Gasteiger partial charge in [0.05, 0.1) is 22.9 Å². The molecule has 34 heavy (non-hydrogen) atoms. The zero-order valence-corrected chi connectivity index (χ0v) is 20.8. The van der Waals surface area contributed by atoms with E-state index in [4.69, 9.17) is 16.7 Å². The van der Waals surface area contributed by atoms with Crippen LogP contribution in [0.15, 0.2) is 60.7 Å². The first-order chi connectivity index (χ1) is 16.2. The lowest BCUT2D eigenvalue weighted by Crippen LogP contribution is -2.39. The quantitative estimate of drug-likeness (QED) is 0.493. The summed E-state index contributed by atoms with van der Waals surface area (Å²) in [6.45, 7) is 8.56. The molecule has 0 saturated heterocycles. The van der Waals surface area contributed by atoms with Crippen LogP contribution in [-0.4, -0.2) is 39.6 Å². The standard InChI is InChI=1S/C27H31ClN4O2/c1-5-31(26(34)20-15-19(20)18-11-7-6-8-12-18)17-25(33)29-24-16-23(27(2,3)4)30-32(24)22-14-10-9-13-21(22)28/h6-14,16,19-20H,5,15,17H2,1-4H3,(H,29,33). The SMILES string of the molecule is CCN(CC(=O)Nc1cc(C(C)(C)C)nn1-c1ccccc1Cl)C(=O)C1CC1c1ccccc1. The lowest BCUT2D eigenvalue weighted by Gasteiger charge is -2.21. The highest BCUT2D eigenvalue weighted by molar-refractivity contribution is 6.32. The van der Waals surface area contributed by atoms with Crippen molar-refractivity contribution in [2.45, 2.75) is 45.4 Å². The van der Waals surface area contributed by atoms with E-state index in [2.05, 4.69) is 38.2 Å². The number of halogens is 1. The molecule has 2 atom stereocenters. The molecule has 1 saturated carbocycles. The summed E-state index contributed by atoms with van der Waals surface area (Å²) in [5, 5.41) is 8.21. The van der Waals surface area contributed by atoms with Gasteiger partial charge in [0.25, 0.3) is 0 Å². The van der Waals surface area contributed by atoms with Crippen LogP contribution in [0, 0.1) is 5.92 Å². The highest BCUT2D eigenvalue weighted by atomic mass is 35.5. The van der Waals surface area contributed by atoms with Gasteiger partial charge in [0.15, 0.2) is 0 Å². The van der Waals surface area contributed by atoms with Crippen molar-refractivity contribution in [1.29, 1.82) is 0 Å². The van der Waals surface area contributed by atoms with Crippen molar-refractivity contribution in [3.05, 3.63) is 76.9 Å². The van der Waals surface area contributed by atoms with Gasteiger partial charge in [-0.15, -0.1) is 0 Å². The van der Waals surface area contributed by atoms with Crippen LogP contribution in [0.4, 0.5) is 5.82 Å². The third-order valence-electron chi connectivity index (χ3n) is 6.19. The minimum Gasteiger partial charge on any atom is -0.333 e. The van der Waals surface area contributed by atoms with Crippen molar-refractivity contribution in [2.75, 3.05) is 18.4 Å². The number of carbonyl (C=O) groups is 2. The van der Waals surface area contributed by atoms with E-state index in [1.54, 1.807) is 15.6 Å². The summed E-state index contributed by atoms with van der Waals surface area (Å²) in [5.74, 6) is 0.473. The zero-order valence-electron chi connectivity index (χ0n) is 20.1. The molecular formula is C27H31ClN4O2. The van der Waals surface area contributed by atoms with Crippen molar-refractivity contribution in [3.63, 3.8) is 0 Å². The van der Waals surface area contributed by atoms with Crippen molar-refractivity contribution in [3.8, 4) is 5.69 Å². The number of hydrogen-bond acceptors (Lipinski definition) is 3. The number of amides is 2. The van der Waals surface area contributed by atoms with Crippen molar-refractivity contribution in [1.82, 2.24) is 14.7 Å². The maximum Gasteiger partial charge on any atom is 0.245 e. The number of benzene rings is 2. The normalized spacial score (nSPS) is 17.3. The summed E-state index contributed by atoms with van der Waals surface area (Å²) in [5.41, 5.74) is 2.48. The summed E-state index contributed by atoms with van der Waals surface area (Å²) in [7, 11) is 0. The average Bonchev–Trinajstić information content (AvgIpc) is 3.50. The highest BCUT2D eigenvalue weighted by Crippen LogP contribution is 2.48. The van der Waals surface area contributed by atoms with Crippen molar-refractivity contribution < 1.29 is 9.59 Å². The third-order valence-corrected chi connectivity index (χ3v) is 6.51. The number of nitrogens with one attached hydrogen (secondary N) is 1. The number of para-hydroxylation sites is 1. The van der Waals surface area contributed by atoms with Crippen molar-refractivity contribution in [2.24, 2.45) is 5.92 Å². The van der Waals surface area contributed by atoms with Crippen LogP contribution in [0.25, 0.3) is 5.69 Å². The first-order valence-corrected chi connectivity index (χ1v) is 12.1. The molecule has 1 aliphatic rings. The minimum atomic E-state index is -0.263. The Kier molecular flexibility index (Phi) is 6.80. The molecule has 2 amide bonds. The Morgan fingerprint density at radius 1 is 1.12 bits per heavy atom. The Hall–Kier alpha value is -3.12. The third kappa shape index (κ3) is 5.17. The van der Waals surface area contributed by atoms with Crippen LogP contribution in [0.1, 0.15) is 51.3 Å². The van der Waals surface area contributed by atoms with Gasteiger partial charge in [-0.2, -0.15) is 5.10 Å². The van der Waals surface area contributed by atoms with E-state index in [-0.39, 0.29) is 35.6 Å². The number of hydrogen-bond donors (Lipinski definition) is 1. The monoisotopic (exact) mass is 478 g/mol. The summed E-state index contributed by atoms with van der Waals surface area (Å²) in [4.78, 5) is 27.7. The van der Waals surface area contributed by atoms with E-state index < -0.39 is 0 Å². The Bertz CT molecular complexity index is 1180. The molecular weight excluding hydrogens is 448 g/mol. The molecule has 3 aromatic rings. The number of carbonyl (C=O) groups excluding carboxylic acids is 2. The van der Waals surface area contributed by atoms with Gasteiger partial charge in [0.2, 0.25) is 11.8 Å². The van der Waals surface area contributed by atoms with Gasteiger partial charge in [-0.25, -0.2) is 4.68 Å². The number of rotatable bonds is 7. The van der Waals surface area contributed by atoms with Gasteiger partial charge < -0.3 is 10.2 Å². The number of aromatic nitrogens is 2. The fourth-order valence-corrected chi connectivity index (χ4v) is 4.33. The molecule has 1 heterocycles. The fraction of sp³-hybridized carbons (Fsp3) is 0.370. The number of nitrogens with zero attached hydrogens (tertiary/aromatic N) is 3. The summed E-state index contributed by atoms with van der Waals surface area (Å²) in [6, 6.07) is 19.3. The van der Waals surface area contributed by atoms with E-state index in [1.807, 2.05) is 49.4 Å². The van der Waals surface area contributed by atoms with E-state index in [1.165, 1.54) is 5.56 Å². The van der Waals surface area contributed by atoms with E-state index in [0.29, 0.717) is 23.1 Å². The van der Waals surface area contributed by atoms with Crippen LogP contribution in [-0.2, 0) is 15.0 Å². The molecule has 1 aliphatic carbocycles. The van der Waals surface area contributed by atoms with E-state index in [9.17, 15) is 9.59 Å². The van der Waals surface area contributed by atoms with Crippen LogP contribution in [0.2, 0.25) is 5.02 Å². The Morgan fingerprint density at radius 2 is 1.79 bits per heavy atom. The Labute approximate surface area is 205 Å². The number of anilines is 1. The molecule has 0 spiro atoms. The molecule has 1 fully saturated rings. The molecule has 0 aliphatic heterocycles. The Balaban J connectivity index is 1.49. The molecule has 0 radical (unpaired) electrons. The van der Waals surface area contributed by atoms with Gasteiger partial charge in [0.1, 0.15) is 5.82 Å². The molecule has 2 unspecified atom stereocenters. The first-order valence-electron chi connectivity index (χ1n) is 11.7. The Morgan fingerprint density at radius 3 is 2.44 bits per heavy atom. The lowest BCUT2D eigenvalue weighted by molar-refractivity contribution is -0.135. The lowest BCUT2D eigenvalue weighted by atomic mass is 9.92. The van der Waals surface area contributed by atoms with E-state index in [0.717, 1.165) is 12.1 Å². The largest absolute Gasteiger partial charge is 0.333 e. The summed E-state index contributed by atoms with van der Waals surface area (Å²) >= 11 is 6.42. The topological polar surface area (TPSA) is 67.2 Å². The second kappa shape index (κ2) is 9.63. The highest BCUT2D eigenvalue weighted by Gasteiger charge is 2.45. The minimum absolute atomic E-state index is 0.00804. The molecule has 6 nitrogen and oxygen atoms in total. The second-order valence-corrected chi connectivity index (χ2v) is 10.2. The maximum absolute atomic E-state index is 13.1. The van der Waals surface area contributed by atoms with Crippen molar-refractivity contribution >= 4 is 29.2 Å². The van der Waals surface area contributed by atoms with Gasteiger partial charge in [-0.3, -0.25) is 9.59 Å². The van der Waals surface area contributed by atoms with Gasteiger partial charge in [0, 0.05) is 23.9 Å². The molecule has 1 aromatic heterocycles. The molecule has 2 aromatic carbocycles. The molecule has 0 bridgehead atoms. The van der Waals surface area contributed by atoms with Crippen LogP contribution in [0.5, 0.6) is 0 Å². The first kappa shape index (κ1) is 24.0. The fourth-order valence-electron chi connectivity index (χ4n) is 4.12. The maximum atomic E-state index is 13.1. The predicted molar refractivity (Wildman–Crippen MR) is 135 cm³/mol. The predicted octanol–water partition coefficient (Wildman–Crippen LogP) is 5.41. The van der Waals surface area contributed by atoms with Crippen LogP contribution >= 0.6 is 11.6 Å². The van der Waals surface area contributed by atoms with Gasteiger partial charge >= 0.3 is 0 Å². The van der Waals surface area contributed by atoms with Crippen LogP contribution < -0.4 is 5.32 Å². The van der Waals surface area contributed by atoms with Gasteiger partial charge in [-0.1, -0.05) is 74.8 Å².